The maximum Gasteiger partial charge on any atom is 0.320 e. The minimum Gasteiger partial charge on any atom is -0.383 e. The first-order chi connectivity index (χ1) is 10.6. The summed E-state index contributed by atoms with van der Waals surface area (Å²) in [6.45, 7) is 4.51. The van der Waals surface area contributed by atoms with Crippen molar-refractivity contribution in [2.24, 2.45) is 0 Å². The summed E-state index contributed by atoms with van der Waals surface area (Å²) in [6, 6.07) is 9.79. The fourth-order valence-corrected chi connectivity index (χ4v) is 3.38. The van der Waals surface area contributed by atoms with Gasteiger partial charge >= 0.3 is 6.03 Å². The molecule has 0 bridgehead atoms. The molecule has 2 aliphatic heterocycles. The number of piperidine rings is 1. The zero-order valence-corrected chi connectivity index (χ0v) is 13.2. The molecule has 2 fully saturated rings. The quantitative estimate of drug-likeness (QED) is 0.851. The van der Waals surface area contributed by atoms with Crippen LogP contribution in [0.1, 0.15) is 18.4 Å². The van der Waals surface area contributed by atoms with Crippen LogP contribution in [0.4, 0.5) is 4.79 Å². The normalized spacial score (nSPS) is 27.0. The van der Waals surface area contributed by atoms with Crippen molar-refractivity contribution in [2.45, 2.75) is 18.4 Å². The average Bonchev–Trinajstić information content (AvgIpc) is 2.56. The lowest BCUT2D eigenvalue weighted by atomic mass is 9.86. The van der Waals surface area contributed by atoms with E-state index in [-0.39, 0.29) is 6.03 Å². The molecule has 120 valence electrons. The number of likely N-dealkylation sites (tertiary alicyclic amines) is 1. The minimum absolute atomic E-state index is 0.0714. The van der Waals surface area contributed by atoms with Crippen molar-refractivity contribution in [3.05, 3.63) is 35.9 Å². The van der Waals surface area contributed by atoms with Crippen molar-refractivity contribution in [3.8, 4) is 0 Å². The number of carbonyl (C=O) groups is 1. The minimum atomic E-state index is -0.915. The lowest BCUT2D eigenvalue weighted by molar-refractivity contribution is -0.0284. The SMILES string of the molecule is CN1CCN(C(=O)N2CCCC(O)(c3ccccc3)C2)CC1. The van der Waals surface area contributed by atoms with Gasteiger partial charge < -0.3 is 19.8 Å². The third-order valence-corrected chi connectivity index (χ3v) is 4.83. The van der Waals surface area contributed by atoms with Gasteiger partial charge in [-0.15, -0.1) is 0 Å². The number of benzene rings is 1. The number of urea groups is 1. The fraction of sp³-hybridized carbons (Fsp3) is 0.588. The van der Waals surface area contributed by atoms with E-state index in [0.717, 1.165) is 44.7 Å². The Bertz CT molecular complexity index is 514. The molecule has 2 aliphatic rings. The van der Waals surface area contributed by atoms with Gasteiger partial charge in [0.2, 0.25) is 0 Å². The zero-order valence-electron chi connectivity index (χ0n) is 13.2. The van der Waals surface area contributed by atoms with Gasteiger partial charge in [0.25, 0.3) is 0 Å². The number of rotatable bonds is 1. The summed E-state index contributed by atoms with van der Waals surface area (Å²) in [7, 11) is 2.08. The highest BCUT2D eigenvalue weighted by molar-refractivity contribution is 5.75. The summed E-state index contributed by atoms with van der Waals surface area (Å²) >= 11 is 0. The Morgan fingerprint density at radius 2 is 1.73 bits per heavy atom. The molecule has 0 saturated carbocycles. The molecule has 0 aliphatic carbocycles. The van der Waals surface area contributed by atoms with Crippen LogP contribution in [0.15, 0.2) is 30.3 Å². The highest BCUT2D eigenvalue weighted by Crippen LogP contribution is 2.31. The summed E-state index contributed by atoms with van der Waals surface area (Å²) in [5, 5.41) is 11.0. The van der Waals surface area contributed by atoms with Crippen molar-refractivity contribution in [2.75, 3.05) is 46.3 Å². The topological polar surface area (TPSA) is 47.0 Å². The van der Waals surface area contributed by atoms with Gasteiger partial charge in [-0.1, -0.05) is 30.3 Å². The molecule has 2 saturated heterocycles. The third-order valence-electron chi connectivity index (χ3n) is 4.83. The van der Waals surface area contributed by atoms with E-state index in [9.17, 15) is 9.90 Å². The smallest absolute Gasteiger partial charge is 0.320 e. The van der Waals surface area contributed by atoms with Gasteiger partial charge in [-0.3, -0.25) is 0 Å². The molecule has 0 radical (unpaired) electrons. The number of nitrogens with zero attached hydrogens (tertiary/aromatic N) is 3. The molecular weight excluding hydrogens is 278 g/mol. The molecule has 2 heterocycles. The van der Waals surface area contributed by atoms with Crippen LogP contribution in [-0.4, -0.2) is 72.2 Å². The van der Waals surface area contributed by atoms with Crippen molar-refractivity contribution in [3.63, 3.8) is 0 Å². The lowest BCUT2D eigenvalue weighted by Crippen LogP contribution is -2.56. The second-order valence-electron chi connectivity index (χ2n) is 6.50. The summed E-state index contributed by atoms with van der Waals surface area (Å²) in [5.74, 6) is 0. The zero-order chi connectivity index (χ0) is 15.6. The van der Waals surface area contributed by atoms with Gasteiger partial charge in [0.15, 0.2) is 0 Å². The summed E-state index contributed by atoms with van der Waals surface area (Å²) < 4.78 is 0. The first-order valence-electron chi connectivity index (χ1n) is 8.09. The maximum atomic E-state index is 12.7. The van der Waals surface area contributed by atoms with E-state index in [4.69, 9.17) is 0 Å². The Labute approximate surface area is 132 Å². The number of hydrogen-bond acceptors (Lipinski definition) is 3. The molecule has 1 N–H and O–H groups in total. The molecule has 3 rings (SSSR count). The molecule has 22 heavy (non-hydrogen) atoms. The second-order valence-corrected chi connectivity index (χ2v) is 6.50. The second kappa shape index (κ2) is 6.26. The Kier molecular flexibility index (Phi) is 4.36. The molecule has 1 unspecified atom stereocenters. The van der Waals surface area contributed by atoms with E-state index >= 15 is 0 Å². The molecule has 1 aromatic carbocycles. The third kappa shape index (κ3) is 3.10. The van der Waals surface area contributed by atoms with Gasteiger partial charge in [0.05, 0.1) is 6.54 Å². The van der Waals surface area contributed by atoms with E-state index in [0.29, 0.717) is 13.0 Å². The number of β-amino-alcohol motifs (C(OH)–C–C–N with tert-alkyl or cyclic N) is 1. The number of likely N-dealkylation sites (N-methyl/N-ethyl adjacent to an activating group) is 1. The maximum absolute atomic E-state index is 12.7. The number of piperazine rings is 1. The van der Waals surface area contributed by atoms with Crippen LogP contribution in [0.2, 0.25) is 0 Å². The van der Waals surface area contributed by atoms with E-state index in [1.54, 1.807) is 0 Å². The van der Waals surface area contributed by atoms with Crippen LogP contribution in [0, 0.1) is 0 Å². The van der Waals surface area contributed by atoms with Gasteiger partial charge in [-0.2, -0.15) is 0 Å². The number of aliphatic hydroxyl groups is 1. The van der Waals surface area contributed by atoms with Crippen molar-refractivity contribution in [1.29, 1.82) is 0 Å². The van der Waals surface area contributed by atoms with Crippen molar-refractivity contribution < 1.29 is 9.90 Å². The van der Waals surface area contributed by atoms with Gasteiger partial charge in [0, 0.05) is 32.7 Å². The van der Waals surface area contributed by atoms with E-state index < -0.39 is 5.60 Å². The first kappa shape index (κ1) is 15.3. The van der Waals surface area contributed by atoms with Gasteiger partial charge in [0.1, 0.15) is 5.60 Å². The van der Waals surface area contributed by atoms with Gasteiger partial charge in [-0.25, -0.2) is 4.79 Å². The molecule has 1 atom stereocenters. The monoisotopic (exact) mass is 303 g/mol. The predicted octanol–water partition coefficient (Wildman–Crippen LogP) is 1.34. The van der Waals surface area contributed by atoms with Crippen LogP contribution < -0.4 is 0 Å². The van der Waals surface area contributed by atoms with E-state index in [1.807, 2.05) is 40.1 Å². The summed E-state index contributed by atoms with van der Waals surface area (Å²) in [6.07, 6.45) is 1.55. The Hall–Kier alpha value is -1.59. The Morgan fingerprint density at radius 1 is 1.05 bits per heavy atom. The number of hydrogen-bond donors (Lipinski definition) is 1. The van der Waals surface area contributed by atoms with Gasteiger partial charge in [-0.05, 0) is 25.5 Å². The van der Waals surface area contributed by atoms with Crippen molar-refractivity contribution >= 4 is 6.03 Å². The van der Waals surface area contributed by atoms with E-state index in [1.165, 1.54) is 0 Å². The highest BCUT2D eigenvalue weighted by atomic mass is 16.3. The molecule has 5 heteroatoms. The van der Waals surface area contributed by atoms with E-state index in [2.05, 4.69) is 11.9 Å². The largest absolute Gasteiger partial charge is 0.383 e. The van der Waals surface area contributed by atoms with Crippen molar-refractivity contribution in [1.82, 2.24) is 14.7 Å². The summed E-state index contributed by atoms with van der Waals surface area (Å²) in [5.41, 5.74) is -0.00671. The Balaban J connectivity index is 1.69. The van der Waals surface area contributed by atoms with Crippen LogP contribution >= 0.6 is 0 Å². The molecule has 0 spiro atoms. The summed E-state index contributed by atoms with van der Waals surface area (Å²) in [4.78, 5) is 18.7. The van der Waals surface area contributed by atoms with Crippen LogP contribution in [0.3, 0.4) is 0 Å². The molecule has 5 nitrogen and oxygen atoms in total. The Morgan fingerprint density at radius 3 is 2.41 bits per heavy atom. The molecule has 0 aromatic heterocycles. The molecular formula is C17H25N3O2. The predicted molar refractivity (Wildman–Crippen MR) is 85.6 cm³/mol. The lowest BCUT2D eigenvalue weighted by Gasteiger charge is -2.42. The number of carbonyl (C=O) groups excluding carboxylic acids is 1. The first-order valence-corrected chi connectivity index (χ1v) is 8.09. The van der Waals surface area contributed by atoms with Crippen LogP contribution in [-0.2, 0) is 5.60 Å². The highest BCUT2D eigenvalue weighted by Gasteiger charge is 2.38. The number of amides is 2. The van der Waals surface area contributed by atoms with Crippen LogP contribution in [0.25, 0.3) is 0 Å². The molecule has 1 aromatic rings. The fourth-order valence-electron chi connectivity index (χ4n) is 3.38. The van der Waals surface area contributed by atoms with Crippen LogP contribution in [0.5, 0.6) is 0 Å². The standard InChI is InChI=1S/C17H25N3O2/c1-18-10-12-19(13-11-18)16(21)20-9-5-8-17(22,14-20)15-6-3-2-4-7-15/h2-4,6-7,22H,5,8-14H2,1H3. The average molecular weight is 303 g/mol. The molecule has 2 amide bonds.